The van der Waals surface area contributed by atoms with E-state index in [9.17, 15) is 17.6 Å². The Hall–Kier alpha value is -3.85. The summed E-state index contributed by atoms with van der Waals surface area (Å²) in [5, 5.41) is 0. The first-order chi connectivity index (χ1) is 19.9. The molecule has 3 rings (SSSR count). The molecular formula is C31H37FN2O7S. The third-order valence-corrected chi connectivity index (χ3v) is 7.42. The molecule has 42 heavy (non-hydrogen) atoms. The number of amides is 1. The lowest BCUT2D eigenvalue weighted by molar-refractivity contribution is 0.0285. The fourth-order valence-electron chi connectivity index (χ4n) is 3.92. The number of nitrogens with zero attached hydrogens (tertiary/aromatic N) is 2. The smallest absolute Gasteiger partial charge is 0.410 e. The summed E-state index contributed by atoms with van der Waals surface area (Å²) in [5.41, 5.74) is 0.328. The highest BCUT2D eigenvalue weighted by atomic mass is 32.2. The number of halogens is 1. The Labute approximate surface area is 247 Å². The molecule has 11 heteroatoms. The van der Waals surface area contributed by atoms with Crippen LogP contribution in [0.3, 0.4) is 0 Å². The molecule has 1 amide bonds. The van der Waals surface area contributed by atoms with E-state index >= 15 is 0 Å². The summed E-state index contributed by atoms with van der Waals surface area (Å²) in [6.45, 7) is 6.21. The lowest BCUT2D eigenvalue weighted by atomic mass is 10.1. The van der Waals surface area contributed by atoms with Crippen molar-refractivity contribution in [3.63, 3.8) is 0 Å². The predicted molar refractivity (Wildman–Crippen MR) is 157 cm³/mol. The van der Waals surface area contributed by atoms with Crippen molar-refractivity contribution in [2.24, 2.45) is 0 Å². The second kappa shape index (κ2) is 14.4. The Kier molecular flexibility index (Phi) is 11.2. The summed E-state index contributed by atoms with van der Waals surface area (Å²) in [5.74, 6) is 5.43. The highest BCUT2D eigenvalue weighted by Crippen LogP contribution is 2.31. The maximum Gasteiger partial charge on any atom is 0.410 e. The van der Waals surface area contributed by atoms with Gasteiger partial charge in [0.05, 0.1) is 23.7 Å². The lowest BCUT2D eigenvalue weighted by Gasteiger charge is -2.24. The van der Waals surface area contributed by atoms with Crippen molar-refractivity contribution in [1.29, 1.82) is 0 Å². The van der Waals surface area contributed by atoms with Gasteiger partial charge in [0.1, 0.15) is 23.8 Å². The first-order valence-electron chi connectivity index (χ1n) is 13.3. The normalized spacial score (nSPS) is 11.5. The highest BCUT2D eigenvalue weighted by Gasteiger charge is 2.26. The molecule has 226 valence electrons. The summed E-state index contributed by atoms with van der Waals surface area (Å²) in [7, 11) is 0.334. The zero-order valence-corrected chi connectivity index (χ0v) is 25.6. The first-order valence-corrected chi connectivity index (χ1v) is 14.7. The summed E-state index contributed by atoms with van der Waals surface area (Å²) in [4.78, 5) is 13.8. The Morgan fingerprint density at radius 3 is 2.45 bits per heavy atom. The average molecular weight is 601 g/mol. The van der Waals surface area contributed by atoms with E-state index in [-0.39, 0.29) is 29.3 Å². The lowest BCUT2D eigenvalue weighted by Crippen LogP contribution is -2.33. The van der Waals surface area contributed by atoms with Gasteiger partial charge in [0.25, 0.3) is 10.0 Å². The molecule has 0 aliphatic rings. The van der Waals surface area contributed by atoms with Gasteiger partial charge in [0.2, 0.25) is 0 Å². The number of aromatic nitrogens is 1. The van der Waals surface area contributed by atoms with Crippen LogP contribution < -0.4 is 4.74 Å². The zero-order chi connectivity index (χ0) is 30.9. The molecule has 9 nitrogen and oxygen atoms in total. The van der Waals surface area contributed by atoms with Gasteiger partial charge in [0, 0.05) is 57.7 Å². The topological polar surface area (TPSA) is 96.3 Å². The largest absolute Gasteiger partial charge is 0.493 e. The minimum atomic E-state index is -4.30. The molecule has 0 saturated heterocycles. The van der Waals surface area contributed by atoms with Crippen LogP contribution in [0.1, 0.15) is 38.3 Å². The maximum atomic E-state index is 15.0. The zero-order valence-electron chi connectivity index (χ0n) is 24.8. The van der Waals surface area contributed by atoms with Crippen LogP contribution in [-0.2, 0) is 30.8 Å². The molecule has 3 aromatic rings. The fourth-order valence-corrected chi connectivity index (χ4v) is 5.37. The number of carbonyl (C=O) groups is 1. The minimum absolute atomic E-state index is 0.0231. The van der Waals surface area contributed by atoms with E-state index in [1.165, 1.54) is 55.6 Å². The predicted octanol–water partition coefficient (Wildman–Crippen LogP) is 5.31. The van der Waals surface area contributed by atoms with Crippen LogP contribution >= 0.6 is 0 Å². The first kappa shape index (κ1) is 32.7. The molecule has 1 aromatic heterocycles. The Balaban J connectivity index is 2.11. The maximum absolute atomic E-state index is 15.0. The van der Waals surface area contributed by atoms with E-state index in [0.717, 1.165) is 3.97 Å². The van der Waals surface area contributed by atoms with Gasteiger partial charge >= 0.3 is 6.09 Å². The minimum Gasteiger partial charge on any atom is -0.493 e. The number of methoxy groups -OCH3 is 2. The molecule has 0 radical (unpaired) electrons. The standard InChI is InChI=1S/C31H37FN2O7S/c1-31(2,3)41-30(35)33(4)21-24-19-29(27-12-7-8-13-28(27)32)34(22-24)42(36,37)26-18-23(11-9-14-38-5)17-25(20-26)40-16-10-15-39-6/h7-8,12-13,17-20,22H,10,14-16,21H2,1-6H3. The van der Waals surface area contributed by atoms with Crippen LogP contribution in [0.15, 0.2) is 59.6 Å². The Bertz CT molecular complexity index is 1550. The molecule has 1 heterocycles. The van der Waals surface area contributed by atoms with E-state index < -0.39 is 27.5 Å². The van der Waals surface area contributed by atoms with Crippen LogP contribution in [0.4, 0.5) is 9.18 Å². The van der Waals surface area contributed by atoms with Crippen LogP contribution in [0.2, 0.25) is 0 Å². The molecule has 0 spiro atoms. The fraction of sp³-hybridized carbons (Fsp3) is 0.387. The molecule has 0 unspecified atom stereocenters. The van der Waals surface area contributed by atoms with Gasteiger partial charge in [-0.25, -0.2) is 21.6 Å². The third kappa shape index (κ3) is 8.82. The molecule has 0 saturated carbocycles. The van der Waals surface area contributed by atoms with Crippen molar-refractivity contribution >= 4 is 16.1 Å². The van der Waals surface area contributed by atoms with Crippen molar-refractivity contribution in [2.45, 2.75) is 44.2 Å². The van der Waals surface area contributed by atoms with Gasteiger partial charge in [-0.05, 0) is 56.7 Å². The molecule has 0 atom stereocenters. The number of hydrogen-bond donors (Lipinski definition) is 0. The van der Waals surface area contributed by atoms with Crippen molar-refractivity contribution in [1.82, 2.24) is 8.87 Å². The van der Waals surface area contributed by atoms with E-state index in [4.69, 9.17) is 18.9 Å². The quantitative estimate of drug-likeness (QED) is 0.217. The highest BCUT2D eigenvalue weighted by molar-refractivity contribution is 7.90. The summed E-state index contributed by atoms with van der Waals surface area (Å²) < 4.78 is 65.6. The van der Waals surface area contributed by atoms with Crippen LogP contribution in [0.25, 0.3) is 11.3 Å². The van der Waals surface area contributed by atoms with Crippen LogP contribution in [0.5, 0.6) is 5.75 Å². The average Bonchev–Trinajstić information content (AvgIpc) is 3.35. The van der Waals surface area contributed by atoms with Crippen molar-refractivity contribution in [3.05, 3.63) is 71.7 Å². The van der Waals surface area contributed by atoms with E-state index in [0.29, 0.717) is 36.5 Å². The van der Waals surface area contributed by atoms with Gasteiger partial charge in [-0.2, -0.15) is 0 Å². The summed E-state index contributed by atoms with van der Waals surface area (Å²) >= 11 is 0. The molecule has 2 aromatic carbocycles. The van der Waals surface area contributed by atoms with Gasteiger partial charge in [-0.3, -0.25) is 0 Å². The van der Waals surface area contributed by atoms with E-state index in [1.54, 1.807) is 46.1 Å². The Morgan fingerprint density at radius 2 is 1.79 bits per heavy atom. The van der Waals surface area contributed by atoms with E-state index in [1.807, 2.05) is 0 Å². The van der Waals surface area contributed by atoms with Crippen molar-refractivity contribution in [3.8, 4) is 28.8 Å². The number of hydrogen-bond acceptors (Lipinski definition) is 7. The second-order valence-corrected chi connectivity index (χ2v) is 12.3. The van der Waals surface area contributed by atoms with Gasteiger partial charge in [-0.1, -0.05) is 24.0 Å². The molecule has 0 fully saturated rings. The number of carbonyl (C=O) groups excluding carboxylic acids is 1. The van der Waals surface area contributed by atoms with E-state index in [2.05, 4.69) is 11.8 Å². The molecular weight excluding hydrogens is 563 g/mol. The van der Waals surface area contributed by atoms with Crippen molar-refractivity contribution < 1.29 is 36.6 Å². The van der Waals surface area contributed by atoms with Gasteiger partial charge in [-0.15, -0.1) is 0 Å². The summed E-state index contributed by atoms with van der Waals surface area (Å²) in [6, 6.07) is 11.9. The number of benzene rings is 2. The monoisotopic (exact) mass is 600 g/mol. The summed E-state index contributed by atoms with van der Waals surface area (Å²) in [6.07, 6.45) is 1.39. The SMILES string of the molecule is COCC#Cc1cc(OCCCOC)cc(S(=O)(=O)n2cc(CN(C)C(=O)OC(C)(C)C)cc2-c2ccccc2F)c1. The van der Waals surface area contributed by atoms with Crippen LogP contribution in [-0.4, -0.2) is 70.1 Å². The van der Waals surface area contributed by atoms with Crippen molar-refractivity contribution in [2.75, 3.05) is 41.1 Å². The van der Waals surface area contributed by atoms with Crippen LogP contribution in [0, 0.1) is 17.7 Å². The number of rotatable bonds is 11. The van der Waals surface area contributed by atoms with Gasteiger partial charge in [0.15, 0.2) is 0 Å². The third-order valence-electron chi connectivity index (χ3n) is 5.76. The van der Waals surface area contributed by atoms with Gasteiger partial charge < -0.3 is 23.8 Å². The molecule has 0 N–H and O–H groups in total. The molecule has 0 aliphatic heterocycles. The molecule has 0 aliphatic carbocycles. The molecule has 0 bridgehead atoms. The number of ether oxygens (including phenoxy) is 4. The Morgan fingerprint density at radius 1 is 1.05 bits per heavy atom. The second-order valence-electron chi connectivity index (χ2n) is 10.5.